The van der Waals surface area contributed by atoms with Crippen LogP contribution >= 0.6 is 0 Å². The Bertz CT molecular complexity index is 366. The van der Waals surface area contributed by atoms with Crippen molar-refractivity contribution in [3.8, 4) is 0 Å². The maximum atomic E-state index is 13.0. The molecule has 0 radical (unpaired) electrons. The molecule has 0 atom stereocenters. The molecule has 0 amide bonds. The fourth-order valence-corrected chi connectivity index (χ4v) is 1.26. The summed E-state index contributed by atoms with van der Waals surface area (Å²) < 4.78 is 13.0. The summed E-state index contributed by atoms with van der Waals surface area (Å²) in [4.78, 5) is 12.7. The van der Waals surface area contributed by atoms with E-state index in [9.17, 15) is 9.18 Å². The van der Waals surface area contributed by atoms with E-state index >= 15 is 0 Å². The van der Waals surface area contributed by atoms with E-state index in [0.717, 1.165) is 12.1 Å². The van der Waals surface area contributed by atoms with Crippen LogP contribution in [0.3, 0.4) is 0 Å². The highest BCUT2D eigenvalue weighted by Crippen LogP contribution is 2.12. The van der Waals surface area contributed by atoms with E-state index < -0.39 is 11.8 Å². The number of halogens is 1. The first kappa shape index (κ1) is 11.7. The third kappa shape index (κ3) is 3.02. The van der Waals surface area contributed by atoms with Crippen LogP contribution in [0, 0.1) is 5.82 Å². The van der Waals surface area contributed by atoms with Gasteiger partial charge in [-0.2, -0.15) is 0 Å². The SMILES string of the molecule is CCN(C)Cc1ccc(F)c(C(=O)O)c1. The number of carbonyl (C=O) groups is 1. The molecule has 1 aromatic rings. The third-order valence-corrected chi connectivity index (χ3v) is 2.25. The number of rotatable bonds is 4. The Hall–Kier alpha value is -1.42. The number of benzene rings is 1. The molecule has 0 saturated heterocycles. The van der Waals surface area contributed by atoms with Gasteiger partial charge in [-0.15, -0.1) is 0 Å². The van der Waals surface area contributed by atoms with Gasteiger partial charge >= 0.3 is 5.97 Å². The molecule has 0 unspecified atom stereocenters. The number of aromatic carboxylic acids is 1. The summed E-state index contributed by atoms with van der Waals surface area (Å²) in [5, 5.41) is 8.73. The zero-order valence-electron chi connectivity index (χ0n) is 8.83. The first-order valence-electron chi connectivity index (χ1n) is 4.75. The molecular weight excluding hydrogens is 197 g/mol. The van der Waals surface area contributed by atoms with Gasteiger partial charge in [-0.1, -0.05) is 13.0 Å². The van der Waals surface area contributed by atoms with Crippen molar-refractivity contribution in [3.63, 3.8) is 0 Å². The molecule has 1 N–H and O–H groups in total. The Morgan fingerprint density at radius 3 is 2.73 bits per heavy atom. The van der Waals surface area contributed by atoms with E-state index in [1.165, 1.54) is 12.1 Å². The second-order valence-electron chi connectivity index (χ2n) is 3.45. The van der Waals surface area contributed by atoms with Gasteiger partial charge in [-0.05, 0) is 31.3 Å². The zero-order valence-corrected chi connectivity index (χ0v) is 8.83. The molecule has 0 heterocycles. The summed E-state index contributed by atoms with van der Waals surface area (Å²) in [6.07, 6.45) is 0. The van der Waals surface area contributed by atoms with Crippen LogP contribution in [0.4, 0.5) is 4.39 Å². The van der Waals surface area contributed by atoms with Gasteiger partial charge in [0.25, 0.3) is 0 Å². The average molecular weight is 211 g/mol. The molecule has 0 aliphatic heterocycles. The van der Waals surface area contributed by atoms with Gasteiger partial charge in [-0.3, -0.25) is 0 Å². The predicted octanol–water partition coefficient (Wildman–Crippen LogP) is 1.98. The Morgan fingerprint density at radius 1 is 1.53 bits per heavy atom. The van der Waals surface area contributed by atoms with Crippen molar-refractivity contribution in [1.29, 1.82) is 0 Å². The minimum absolute atomic E-state index is 0.267. The molecule has 0 saturated carbocycles. The molecule has 15 heavy (non-hydrogen) atoms. The number of nitrogens with zero attached hydrogens (tertiary/aromatic N) is 1. The van der Waals surface area contributed by atoms with Crippen molar-refractivity contribution < 1.29 is 14.3 Å². The fourth-order valence-electron chi connectivity index (χ4n) is 1.26. The summed E-state index contributed by atoms with van der Waals surface area (Å²) in [6, 6.07) is 4.18. The lowest BCUT2D eigenvalue weighted by Crippen LogP contribution is -2.17. The number of hydrogen-bond donors (Lipinski definition) is 1. The summed E-state index contributed by atoms with van der Waals surface area (Å²) in [5.74, 6) is -1.92. The molecule has 3 nitrogen and oxygen atoms in total. The van der Waals surface area contributed by atoms with Crippen LogP contribution in [0.1, 0.15) is 22.8 Å². The molecule has 4 heteroatoms. The Labute approximate surface area is 88.1 Å². The van der Waals surface area contributed by atoms with Gasteiger partial charge in [0.05, 0.1) is 5.56 Å². The molecule has 1 aromatic carbocycles. The fraction of sp³-hybridized carbons (Fsp3) is 0.364. The monoisotopic (exact) mass is 211 g/mol. The molecule has 0 spiro atoms. The van der Waals surface area contributed by atoms with Crippen LogP contribution in [0.15, 0.2) is 18.2 Å². The van der Waals surface area contributed by atoms with Gasteiger partial charge in [0, 0.05) is 6.54 Å². The zero-order chi connectivity index (χ0) is 11.4. The lowest BCUT2D eigenvalue weighted by Gasteiger charge is -2.14. The predicted molar refractivity (Wildman–Crippen MR) is 55.4 cm³/mol. The van der Waals surface area contributed by atoms with Crippen molar-refractivity contribution in [2.75, 3.05) is 13.6 Å². The van der Waals surface area contributed by atoms with Crippen LogP contribution < -0.4 is 0 Å². The largest absolute Gasteiger partial charge is 0.478 e. The highest BCUT2D eigenvalue weighted by molar-refractivity contribution is 5.88. The van der Waals surface area contributed by atoms with E-state index in [1.54, 1.807) is 6.07 Å². The standard InChI is InChI=1S/C11H14FNO2/c1-3-13(2)7-8-4-5-10(12)9(6-8)11(14)15/h4-6H,3,7H2,1-2H3,(H,14,15). The van der Waals surface area contributed by atoms with Crippen LogP contribution in [-0.4, -0.2) is 29.6 Å². The van der Waals surface area contributed by atoms with Gasteiger partial charge < -0.3 is 10.0 Å². The van der Waals surface area contributed by atoms with E-state index in [2.05, 4.69) is 0 Å². The molecular formula is C11H14FNO2. The summed E-state index contributed by atoms with van der Waals surface area (Å²) >= 11 is 0. The van der Waals surface area contributed by atoms with Gasteiger partial charge in [0.1, 0.15) is 5.82 Å². The lowest BCUT2D eigenvalue weighted by molar-refractivity contribution is 0.0691. The van der Waals surface area contributed by atoms with Crippen molar-refractivity contribution in [1.82, 2.24) is 4.90 Å². The van der Waals surface area contributed by atoms with Crippen LogP contribution in [0.5, 0.6) is 0 Å². The smallest absolute Gasteiger partial charge is 0.338 e. The first-order valence-corrected chi connectivity index (χ1v) is 4.75. The molecule has 82 valence electrons. The van der Waals surface area contributed by atoms with E-state index in [0.29, 0.717) is 6.54 Å². The normalized spacial score (nSPS) is 10.7. The first-order chi connectivity index (χ1) is 7.04. The number of carboxylic acid groups (broad SMARTS) is 1. The van der Waals surface area contributed by atoms with Crippen molar-refractivity contribution in [3.05, 3.63) is 35.1 Å². The quantitative estimate of drug-likeness (QED) is 0.827. The van der Waals surface area contributed by atoms with E-state index in [1.807, 2.05) is 18.9 Å². The summed E-state index contributed by atoms with van der Waals surface area (Å²) in [5.41, 5.74) is 0.537. The number of carboxylic acids is 1. The topological polar surface area (TPSA) is 40.5 Å². The Kier molecular flexibility index (Phi) is 3.80. The second kappa shape index (κ2) is 4.89. The Balaban J connectivity index is 2.92. The van der Waals surface area contributed by atoms with Crippen molar-refractivity contribution >= 4 is 5.97 Å². The van der Waals surface area contributed by atoms with Crippen LogP contribution in [0.2, 0.25) is 0 Å². The highest BCUT2D eigenvalue weighted by Gasteiger charge is 2.11. The maximum Gasteiger partial charge on any atom is 0.338 e. The summed E-state index contributed by atoms with van der Waals surface area (Å²) in [7, 11) is 1.92. The summed E-state index contributed by atoms with van der Waals surface area (Å²) in [6.45, 7) is 3.48. The second-order valence-corrected chi connectivity index (χ2v) is 3.45. The van der Waals surface area contributed by atoms with Crippen molar-refractivity contribution in [2.24, 2.45) is 0 Å². The molecule has 1 rings (SSSR count). The molecule has 0 fully saturated rings. The van der Waals surface area contributed by atoms with Crippen LogP contribution in [0.25, 0.3) is 0 Å². The van der Waals surface area contributed by atoms with Gasteiger partial charge in [0.2, 0.25) is 0 Å². The molecule has 0 aromatic heterocycles. The highest BCUT2D eigenvalue weighted by atomic mass is 19.1. The number of hydrogen-bond acceptors (Lipinski definition) is 2. The van der Waals surface area contributed by atoms with E-state index in [4.69, 9.17) is 5.11 Å². The van der Waals surface area contributed by atoms with Crippen molar-refractivity contribution in [2.45, 2.75) is 13.5 Å². The third-order valence-electron chi connectivity index (χ3n) is 2.25. The lowest BCUT2D eigenvalue weighted by atomic mass is 10.1. The molecule has 0 aliphatic rings. The molecule has 0 bridgehead atoms. The Morgan fingerprint density at radius 2 is 2.20 bits per heavy atom. The molecule has 0 aliphatic carbocycles. The van der Waals surface area contributed by atoms with Gasteiger partial charge in [-0.25, -0.2) is 9.18 Å². The van der Waals surface area contributed by atoms with Crippen LogP contribution in [-0.2, 0) is 6.54 Å². The average Bonchev–Trinajstić information content (AvgIpc) is 2.20. The van der Waals surface area contributed by atoms with Gasteiger partial charge in [0.15, 0.2) is 0 Å². The minimum atomic E-state index is -1.23. The maximum absolute atomic E-state index is 13.0. The van der Waals surface area contributed by atoms with E-state index in [-0.39, 0.29) is 5.56 Å². The minimum Gasteiger partial charge on any atom is -0.478 e.